The molecule has 94 valence electrons. The van der Waals surface area contributed by atoms with Crippen molar-refractivity contribution in [2.24, 2.45) is 5.92 Å². The van der Waals surface area contributed by atoms with Crippen molar-refractivity contribution in [2.75, 3.05) is 5.73 Å². The number of hydrogen-bond donors (Lipinski definition) is 2. The second-order valence-corrected chi connectivity index (χ2v) is 4.44. The predicted molar refractivity (Wildman–Crippen MR) is 70.2 cm³/mol. The molecule has 1 aromatic rings. The van der Waals surface area contributed by atoms with Gasteiger partial charge in [-0.25, -0.2) is 4.98 Å². The van der Waals surface area contributed by atoms with Crippen LogP contribution < -0.4 is 11.1 Å². The SMILES string of the molecule is CC1CCCC1NC(=O)c1cccc(N)n1.Cl. The molecular formula is C12H18ClN3O. The predicted octanol–water partition coefficient (Wildman–Crippen LogP) is 2.00. The molecule has 2 unspecified atom stereocenters. The Bertz CT molecular complexity index is 397. The summed E-state index contributed by atoms with van der Waals surface area (Å²) in [6, 6.07) is 5.39. The number of carbonyl (C=O) groups excluding carboxylic acids is 1. The first-order chi connectivity index (χ1) is 7.66. The van der Waals surface area contributed by atoms with Crippen LogP contribution in [0.4, 0.5) is 5.82 Å². The van der Waals surface area contributed by atoms with Crippen LogP contribution in [0.3, 0.4) is 0 Å². The topological polar surface area (TPSA) is 68.0 Å². The second-order valence-electron chi connectivity index (χ2n) is 4.44. The number of pyridine rings is 1. The lowest BCUT2D eigenvalue weighted by Crippen LogP contribution is -2.36. The Hall–Kier alpha value is -1.29. The van der Waals surface area contributed by atoms with Crippen molar-refractivity contribution in [1.29, 1.82) is 0 Å². The molecule has 1 aliphatic rings. The van der Waals surface area contributed by atoms with Crippen LogP contribution >= 0.6 is 12.4 Å². The van der Waals surface area contributed by atoms with E-state index in [1.807, 2.05) is 0 Å². The first kappa shape index (κ1) is 13.8. The number of rotatable bonds is 2. The van der Waals surface area contributed by atoms with Gasteiger partial charge in [0.15, 0.2) is 0 Å². The van der Waals surface area contributed by atoms with E-state index in [2.05, 4.69) is 17.2 Å². The van der Waals surface area contributed by atoms with Crippen LogP contribution in [0.5, 0.6) is 0 Å². The normalized spacial score (nSPS) is 22.9. The summed E-state index contributed by atoms with van der Waals surface area (Å²) in [6.07, 6.45) is 3.45. The van der Waals surface area contributed by atoms with Crippen LogP contribution in [-0.4, -0.2) is 16.9 Å². The highest BCUT2D eigenvalue weighted by Gasteiger charge is 2.25. The Morgan fingerprint density at radius 3 is 2.82 bits per heavy atom. The summed E-state index contributed by atoms with van der Waals surface area (Å²) < 4.78 is 0. The van der Waals surface area contributed by atoms with E-state index in [0.29, 0.717) is 17.4 Å². The largest absolute Gasteiger partial charge is 0.384 e. The molecule has 1 aliphatic carbocycles. The van der Waals surface area contributed by atoms with Gasteiger partial charge in [-0.1, -0.05) is 19.4 Å². The molecule has 1 aromatic heterocycles. The maximum Gasteiger partial charge on any atom is 0.270 e. The van der Waals surface area contributed by atoms with Gasteiger partial charge in [0.05, 0.1) is 0 Å². The van der Waals surface area contributed by atoms with E-state index in [9.17, 15) is 4.79 Å². The van der Waals surface area contributed by atoms with Gasteiger partial charge >= 0.3 is 0 Å². The molecule has 1 heterocycles. The molecule has 0 aromatic carbocycles. The molecule has 17 heavy (non-hydrogen) atoms. The Labute approximate surface area is 107 Å². The fourth-order valence-electron chi connectivity index (χ4n) is 2.18. The molecule has 0 saturated heterocycles. The Balaban J connectivity index is 0.00000144. The molecule has 0 aliphatic heterocycles. The highest BCUT2D eigenvalue weighted by molar-refractivity contribution is 5.92. The van der Waals surface area contributed by atoms with Crippen molar-refractivity contribution >= 4 is 24.1 Å². The minimum atomic E-state index is -0.119. The van der Waals surface area contributed by atoms with E-state index in [1.54, 1.807) is 18.2 Å². The van der Waals surface area contributed by atoms with Crippen molar-refractivity contribution in [2.45, 2.75) is 32.2 Å². The number of nitrogen functional groups attached to an aromatic ring is 1. The first-order valence-corrected chi connectivity index (χ1v) is 5.70. The number of amides is 1. The minimum absolute atomic E-state index is 0. The lowest BCUT2D eigenvalue weighted by atomic mass is 10.1. The van der Waals surface area contributed by atoms with Crippen molar-refractivity contribution in [3.63, 3.8) is 0 Å². The van der Waals surface area contributed by atoms with E-state index in [1.165, 1.54) is 12.8 Å². The van der Waals surface area contributed by atoms with E-state index >= 15 is 0 Å². The van der Waals surface area contributed by atoms with Gasteiger partial charge in [0.25, 0.3) is 5.91 Å². The molecule has 3 N–H and O–H groups in total. The summed E-state index contributed by atoms with van der Waals surface area (Å²) in [5, 5.41) is 3.02. The number of nitrogens with one attached hydrogen (secondary N) is 1. The van der Waals surface area contributed by atoms with Gasteiger partial charge in [-0.2, -0.15) is 0 Å². The number of carbonyl (C=O) groups is 1. The molecule has 2 rings (SSSR count). The van der Waals surface area contributed by atoms with Crippen molar-refractivity contribution in [3.8, 4) is 0 Å². The second kappa shape index (κ2) is 5.87. The number of halogens is 1. The third-order valence-corrected chi connectivity index (χ3v) is 3.18. The van der Waals surface area contributed by atoms with Crippen molar-refractivity contribution in [3.05, 3.63) is 23.9 Å². The fraction of sp³-hybridized carbons (Fsp3) is 0.500. The fourth-order valence-corrected chi connectivity index (χ4v) is 2.18. The zero-order valence-electron chi connectivity index (χ0n) is 9.85. The number of hydrogen-bond acceptors (Lipinski definition) is 3. The lowest BCUT2D eigenvalue weighted by molar-refractivity contribution is 0.0924. The van der Waals surface area contributed by atoms with Crippen LogP contribution in [0.1, 0.15) is 36.7 Å². The Kier molecular flexibility index (Phi) is 4.75. The standard InChI is InChI=1S/C12H17N3O.ClH/c1-8-4-2-5-9(8)15-12(16)10-6-3-7-11(13)14-10;/h3,6-9H,2,4-5H2,1H3,(H2,13,14)(H,15,16);1H. The molecule has 0 bridgehead atoms. The molecule has 5 heteroatoms. The van der Waals surface area contributed by atoms with E-state index < -0.39 is 0 Å². The number of anilines is 1. The maximum atomic E-state index is 11.9. The van der Waals surface area contributed by atoms with Crippen LogP contribution in [0.25, 0.3) is 0 Å². The van der Waals surface area contributed by atoms with E-state index in [0.717, 1.165) is 6.42 Å². The van der Waals surface area contributed by atoms with E-state index in [-0.39, 0.29) is 24.4 Å². The summed E-state index contributed by atoms with van der Waals surface area (Å²) >= 11 is 0. The number of aromatic nitrogens is 1. The Morgan fingerprint density at radius 1 is 1.47 bits per heavy atom. The number of nitrogens with two attached hydrogens (primary N) is 1. The molecule has 2 atom stereocenters. The lowest BCUT2D eigenvalue weighted by Gasteiger charge is -2.16. The van der Waals surface area contributed by atoms with Crippen molar-refractivity contribution < 1.29 is 4.79 Å². The zero-order valence-corrected chi connectivity index (χ0v) is 10.7. The first-order valence-electron chi connectivity index (χ1n) is 5.70. The van der Waals surface area contributed by atoms with Gasteiger partial charge < -0.3 is 11.1 Å². The third kappa shape index (κ3) is 3.33. The van der Waals surface area contributed by atoms with Gasteiger partial charge in [-0.3, -0.25) is 4.79 Å². The molecule has 0 spiro atoms. The van der Waals surface area contributed by atoms with Crippen LogP contribution in [0.2, 0.25) is 0 Å². The summed E-state index contributed by atoms with van der Waals surface area (Å²) in [6.45, 7) is 2.17. The highest BCUT2D eigenvalue weighted by atomic mass is 35.5. The van der Waals surface area contributed by atoms with Gasteiger partial charge in [-0.05, 0) is 30.9 Å². The van der Waals surface area contributed by atoms with Crippen LogP contribution in [-0.2, 0) is 0 Å². The molecular weight excluding hydrogens is 238 g/mol. The molecule has 0 radical (unpaired) electrons. The van der Waals surface area contributed by atoms with Gasteiger partial charge in [0.1, 0.15) is 11.5 Å². The number of nitrogens with zero attached hydrogens (tertiary/aromatic N) is 1. The quantitative estimate of drug-likeness (QED) is 0.849. The summed E-state index contributed by atoms with van der Waals surface area (Å²) in [5.74, 6) is 0.822. The molecule has 1 amide bonds. The van der Waals surface area contributed by atoms with Crippen molar-refractivity contribution in [1.82, 2.24) is 10.3 Å². The zero-order chi connectivity index (χ0) is 11.5. The summed E-state index contributed by atoms with van der Waals surface area (Å²) in [7, 11) is 0. The monoisotopic (exact) mass is 255 g/mol. The average Bonchev–Trinajstić information content (AvgIpc) is 2.64. The molecule has 4 nitrogen and oxygen atoms in total. The summed E-state index contributed by atoms with van der Waals surface area (Å²) in [4.78, 5) is 15.9. The van der Waals surface area contributed by atoms with Gasteiger partial charge in [0.2, 0.25) is 0 Å². The van der Waals surface area contributed by atoms with Gasteiger partial charge in [-0.15, -0.1) is 12.4 Å². The van der Waals surface area contributed by atoms with E-state index in [4.69, 9.17) is 5.73 Å². The van der Waals surface area contributed by atoms with Crippen LogP contribution in [0, 0.1) is 5.92 Å². The maximum absolute atomic E-state index is 11.9. The Morgan fingerprint density at radius 2 is 2.24 bits per heavy atom. The minimum Gasteiger partial charge on any atom is -0.384 e. The molecule has 1 fully saturated rings. The smallest absolute Gasteiger partial charge is 0.270 e. The van der Waals surface area contributed by atoms with Crippen LogP contribution in [0.15, 0.2) is 18.2 Å². The van der Waals surface area contributed by atoms with Gasteiger partial charge in [0, 0.05) is 6.04 Å². The average molecular weight is 256 g/mol. The third-order valence-electron chi connectivity index (χ3n) is 3.18. The highest BCUT2D eigenvalue weighted by Crippen LogP contribution is 2.24. The summed E-state index contributed by atoms with van der Waals surface area (Å²) in [5.41, 5.74) is 5.94. The molecule has 1 saturated carbocycles.